The molecule has 0 aliphatic heterocycles. The molecule has 0 aliphatic rings. The maximum atomic E-state index is 12.3. The summed E-state index contributed by atoms with van der Waals surface area (Å²) in [5.41, 5.74) is -0.0797. The first-order valence-electron chi connectivity index (χ1n) is 6.84. The lowest BCUT2D eigenvalue weighted by molar-refractivity contribution is 0.415. The van der Waals surface area contributed by atoms with E-state index in [4.69, 9.17) is 9.15 Å². The predicted molar refractivity (Wildman–Crippen MR) is 85.7 cm³/mol. The average Bonchev–Trinajstić information content (AvgIpc) is 2.54. The third-order valence-corrected chi connectivity index (χ3v) is 3.91. The number of rotatable bonds is 1. The second-order valence-corrected chi connectivity index (χ2v) is 5.12. The van der Waals surface area contributed by atoms with E-state index in [2.05, 4.69) is 0 Å². The van der Waals surface area contributed by atoms with Crippen LogP contribution in [0.4, 0.5) is 0 Å². The minimum atomic E-state index is -0.545. The van der Waals surface area contributed by atoms with E-state index in [0.29, 0.717) is 22.1 Å². The zero-order valence-corrected chi connectivity index (χ0v) is 11.8. The monoisotopic (exact) mass is 292 g/mol. The lowest BCUT2D eigenvalue weighted by Gasteiger charge is -2.08. The van der Waals surface area contributed by atoms with Crippen molar-refractivity contribution in [1.82, 2.24) is 0 Å². The number of benzene rings is 3. The Hall–Kier alpha value is -3.01. The van der Waals surface area contributed by atoms with Crippen LogP contribution in [0.1, 0.15) is 0 Å². The number of phenolic OH excluding ortho intramolecular Hbond substituents is 1. The van der Waals surface area contributed by atoms with Gasteiger partial charge in [-0.1, -0.05) is 24.3 Å². The molecular formula is C18H12O4. The van der Waals surface area contributed by atoms with E-state index in [1.807, 2.05) is 24.3 Å². The Morgan fingerprint density at radius 1 is 1.00 bits per heavy atom. The third kappa shape index (κ3) is 1.67. The van der Waals surface area contributed by atoms with E-state index >= 15 is 0 Å². The first-order chi connectivity index (χ1) is 10.7. The van der Waals surface area contributed by atoms with Crippen LogP contribution in [0.3, 0.4) is 0 Å². The molecule has 0 bridgehead atoms. The predicted octanol–water partition coefficient (Wildman–Crippen LogP) is 3.81. The number of fused-ring (bicyclic) bond motifs is 4. The zero-order valence-electron chi connectivity index (χ0n) is 11.8. The van der Waals surface area contributed by atoms with E-state index in [1.54, 1.807) is 31.4 Å². The summed E-state index contributed by atoms with van der Waals surface area (Å²) in [5.74, 6) is 0.613. The number of hydrogen-bond donors (Lipinski definition) is 1. The molecule has 0 aliphatic carbocycles. The van der Waals surface area contributed by atoms with Gasteiger partial charge in [0.05, 0.1) is 7.11 Å². The van der Waals surface area contributed by atoms with E-state index in [-0.39, 0.29) is 11.1 Å². The van der Waals surface area contributed by atoms with Crippen molar-refractivity contribution in [2.24, 2.45) is 0 Å². The molecule has 108 valence electrons. The van der Waals surface area contributed by atoms with Gasteiger partial charge in [0, 0.05) is 16.2 Å². The zero-order chi connectivity index (χ0) is 15.3. The largest absolute Gasteiger partial charge is 0.506 e. The average molecular weight is 292 g/mol. The molecule has 0 fully saturated rings. The van der Waals surface area contributed by atoms with E-state index in [0.717, 1.165) is 10.8 Å². The maximum Gasteiger partial charge on any atom is 0.348 e. The van der Waals surface area contributed by atoms with Crippen LogP contribution in [0.15, 0.2) is 57.7 Å². The Labute approximate surface area is 125 Å². The van der Waals surface area contributed by atoms with Crippen LogP contribution in [0.5, 0.6) is 11.5 Å². The number of ether oxygens (including phenoxy) is 1. The Balaban J connectivity index is 2.31. The normalized spacial score (nSPS) is 11.3. The topological polar surface area (TPSA) is 59.7 Å². The van der Waals surface area contributed by atoms with Crippen molar-refractivity contribution in [1.29, 1.82) is 0 Å². The summed E-state index contributed by atoms with van der Waals surface area (Å²) in [6.07, 6.45) is 0. The van der Waals surface area contributed by atoms with Crippen molar-refractivity contribution < 1.29 is 14.3 Å². The molecule has 0 saturated carbocycles. The standard InChI is InChI=1S/C18H12O4/c1-21-11-6-7-15-13(9-11)14-8-10-4-2-3-5-12(10)17(19)16(14)18(20)22-15/h2-9,19H,1H3. The fraction of sp³-hybridized carbons (Fsp3) is 0.0556. The van der Waals surface area contributed by atoms with Crippen molar-refractivity contribution in [2.45, 2.75) is 0 Å². The highest BCUT2D eigenvalue weighted by molar-refractivity contribution is 6.13. The summed E-state index contributed by atoms with van der Waals surface area (Å²) in [7, 11) is 1.58. The van der Waals surface area contributed by atoms with Crippen LogP contribution in [-0.2, 0) is 0 Å². The van der Waals surface area contributed by atoms with Gasteiger partial charge in [0.25, 0.3) is 0 Å². The number of hydrogen-bond acceptors (Lipinski definition) is 4. The molecule has 0 spiro atoms. The number of aromatic hydroxyl groups is 1. The molecule has 0 amide bonds. The summed E-state index contributed by atoms with van der Waals surface area (Å²) in [6, 6.07) is 14.5. The molecule has 3 aromatic carbocycles. The van der Waals surface area contributed by atoms with Crippen LogP contribution in [0, 0.1) is 0 Å². The molecule has 0 atom stereocenters. The van der Waals surface area contributed by atoms with Crippen molar-refractivity contribution in [3.8, 4) is 11.5 Å². The van der Waals surface area contributed by atoms with Crippen LogP contribution in [0.25, 0.3) is 32.5 Å². The maximum absolute atomic E-state index is 12.3. The third-order valence-electron chi connectivity index (χ3n) is 3.91. The van der Waals surface area contributed by atoms with Gasteiger partial charge in [-0.15, -0.1) is 0 Å². The highest BCUT2D eigenvalue weighted by Crippen LogP contribution is 2.36. The van der Waals surface area contributed by atoms with Gasteiger partial charge in [-0.3, -0.25) is 0 Å². The van der Waals surface area contributed by atoms with Crippen LogP contribution in [-0.4, -0.2) is 12.2 Å². The molecule has 4 nitrogen and oxygen atoms in total. The van der Waals surface area contributed by atoms with E-state index in [9.17, 15) is 9.90 Å². The van der Waals surface area contributed by atoms with E-state index < -0.39 is 5.63 Å². The first-order valence-corrected chi connectivity index (χ1v) is 6.84. The SMILES string of the molecule is COc1ccc2oc(=O)c3c(O)c4ccccc4cc3c2c1. The molecule has 1 heterocycles. The lowest BCUT2D eigenvalue weighted by atomic mass is 10.0. The summed E-state index contributed by atoms with van der Waals surface area (Å²) in [6.45, 7) is 0. The minimum Gasteiger partial charge on any atom is -0.506 e. The molecule has 1 N–H and O–H groups in total. The number of methoxy groups -OCH3 is 1. The Morgan fingerprint density at radius 2 is 1.82 bits per heavy atom. The lowest BCUT2D eigenvalue weighted by Crippen LogP contribution is -2.00. The van der Waals surface area contributed by atoms with E-state index in [1.165, 1.54) is 0 Å². The van der Waals surface area contributed by atoms with Crippen molar-refractivity contribution in [2.75, 3.05) is 7.11 Å². The fourth-order valence-electron chi connectivity index (χ4n) is 2.83. The Kier molecular flexibility index (Phi) is 2.60. The van der Waals surface area contributed by atoms with Gasteiger partial charge in [0.2, 0.25) is 0 Å². The quantitative estimate of drug-likeness (QED) is 0.329. The molecule has 4 rings (SSSR count). The van der Waals surface area contributed by atoms with Crippen molar-refractivity contribution in [3.63, 3.8) is 0 Å². The minimum absolute atomic E-state index is 0.0495. The summed E-state index contributed by atoms with van der Waals surface area (Å²) < 4.78 is 10.6. The van der Waals surface area contributed by atoms with Gasteiger partial charge < -0.3 is 14.3 Å². The molecule has 0 saturated heterocycles. The smallest absolute Gasteiger partial charge is 0.348 e. The molecule has 22 heavy (non-hydrogen) atoms. The summed E-state index contributed by atoms with van der Waals surface area (Å²) in [5, 5.41) is 13.6. The second kappa shape index (κ2) is 4.49. The Morgan fingerprint density at radius 3 is 2.64 bits per heavy atom. The summed E-state index contributed by atoms with van der Waals surface area (Å²) in [4.78, 5) is 12.3. The first kappa shape index (κ1) is 12.7. The molecule has 4 aromatic rings. The second-order valence-electron chi connectivity index (χ2n) is 5.12. The van der Waals surface area contributed by atoms with Gasteiger partial charge >= 0.3 is 5.63 Å². The van der Waals surface area contributed by atoms with Crippen molar-refractivity contribution in [3.05, 3.63) is 59.0 Å². The van der Waals surface area contributed by atoms with Gasteiger partial charge in [-0.2, -0.15) is 0 Å². The highest BCUT2D eigenvalue weighted by Gasteiger charge is 2.14. The van der Waals surface area contributed by atoms with Gasteiger partial charge in [0.15, 0.2) is 0 Å². The number of phenols is 1. The van der Waals surface area contributed by atoms with Crippen LogP contribution >= 0.6 is 0 Å². The van der Waals surface area contributed by atoms with Gasteiger partial charge in [-0.25, -0.2) is 4.79 Å². The van der Waals surface area contributed by atoms with Gasteiger partial charge in [0.1, 0.15) is 22.5 Å². The van der Waals surface area contributed by atoms with Crippen LogP contribution < -0.4 is 10.4 Å². The highest BCUT2D eigenvalue weighted by atomic mass is 16.5. The Bertz CT molecular complexity index is 1090. The van der Waals surface area contributed by atoms with Gasteiger partial charge in [-0.05, 0) is 29.7 Å². The molecule has 1 aromatic heterocycles. The molecular weight excluding hydrogens is 280 g/mol. The van der Waals surface area contributed by atoms with Crippen molar-refractivity contribution >= 4 is 32.5 Å². The molecule has 0 unspecified atom stereocenters. The summed E-state index contributed by atoms with van der Waals surface area (Å²) >= 11 is 0. The molecule has 4 heteroatoms. The molecule has 0 radical (unpaired) electrons. The van der Waals surface area contributed by atoms with Crippen LogP contribution in [0.2, 0.25) is 0 Å². The fourth-order valence-corrected chi connectivity index (χ4v) is 2.83.